The molecule has 2 unspecified atom stereocenters. The quantitative estimate of drug-likeness (QED) is 0.596. The van der Waals surface area contributed by atoms with E-state index in [0.717, 1.165) is 6.26 Å². The molecular weight excluding hydrogens is 184 g/mol. The first-order valence-corrected chi connectivity index (χ1v) is 6.84. The maximum absolute atomic E-state index is 10.7. The molecule has 67 valence electrons. The Kier molecular flexibility index (Phi) is 4.43. The van der Waals surface area contributed by atoms with Crippen molar-refractivity contribution in [2.24, 2.45) is 0 Å². The summed E-state index contributed by atoms with van der Waals surface area (Å²) in [5.74, 6) is 0.0702. The normalized spacial score (nSPS) is 17.8. The van der Waals surface area contributed by atoms with Crippen molar-refractivity contribution in [3.8, 4) is 0 Å². The molecule has 0 bridgehead atoms. The van der Waals surface area contributed by atoms with Crippen LogP contribution in [0.5, 0.6) is 0 Å². The Balaban J connectivity index is 3.72. The van der Waals surface area contributed by atoms with Crippen molar-refractivity contribution >= 4 is 21.0 Å². The van der Waals surface area contributed by atoms with Crippen LogP contribution in [0.3, 0.4) is 0 Å². The van der Waals surface area contributed by atoms with Gasteiger partial charge in [0.15, 0.2) is 0 Å². The average molecular weight is 197 g/mol. The molecule has 1 radical (unpaired) electrons. The van der Waals surface area contributed by atoms with Gasteiger partial charge in [-0.2, -0.15) is 0 Å². The first kappa shape index (κ1) is 11.3. The summed E-state index contributed by atoms with van der Waals surface area (Å²) in [6, 6.07) is 0. The molecular formula is C6H13O3S2. The molecule has 0 amide bonds. The van der Waals surface area contributed by atoms with Crippen LogP contribution in [0.25, 0.3) is 0 Å². The van der Waals surface area contributed by atoms with Crippen LogP contribution < -0.4 is 0 Å². The van der Waals surface area contributed by atoms with Gasteiger partial charge in [-0.05, 0) is 6.92 Å². The molecule has 2 atom stereocenters. The summed E-state index contributed by atoms with van der Waals surface area (Å²) in [7, 11) is -2.93. The summed E-state index contributed by atoms with van der Waals surface area (Å²) in [6.07, 6.45) is 3.07. The molecule has 11 heavy (non-hydrogen) atoms. The first-order chi connectivity index (χ1) is 4.83. The molecule has 0 spiro atoms. The van der Waals surface area contributed by atoms with Crippen molar-refractivity contribution in [3.63, 3.8) is 0 Å². The Morgan fingerprint density at radius 1 is 1.64 bits per heavy atom. The van der Waals surface area contributed by atoms with Gasteiger partial charge in [-0.25, -0.2) is 8.42 Å². The zero-order chi connectivity index (χ0) is 9.07. The summed E-state index contributed by atoms with van der Waals surface area (Å²) in [4.78, 5) is 0. The van der Waals surface area contributed by atoms with Crippen molar-refractivity contribution in [1.29, 1.82) is 0 Å². The molecule has 0 aliphatic rings. The Labute approximate surface area is 71.3 Å². The molecule has 0 heterocycles. The SMILES string of the molecule is [CH2]C(CCS(C)(=O)=O)[S+](C)[O-]. The van der Waals surface area contributed by atoms with Gasteiger partial charge in [-0.15, -0.1) is 0 Å². The van der Waals surface area contributed by atoms with Crippen LogP contribution in [0.2, 0.25) is 0 Å². The molecule has 0 rings (SSSR count). The maximum atomic E-state index is 10.7. The van der Waals surface area contributed by atoms with Gasteiger partial charge in [0.2, 0.25) is 0 Å². The molecule has 0 saturated heterocycles. The summed E-state index contributed by atoms with van der Waals surface area (Å²) in [6.45, 7) is 3.58. The van der Waals surface area contributed by atoms with E-state index in [0.29, 0.717) is 6.42 Å². The van der Waals surface area contributed by atoms with Gasteiger partial charge in [0.05, 0.1) is 12.0 Å². The second-order valence-electron chi connectivity index (χ2n) is 2.54. The fourth-order valence-electron chi connectivity index (χ4n) is 0.511. The van der Waals surface area contributed by atoms with Gasteiger partial charge in [0, 0.05) is 12.7 Å². The first-order valence-electron chi connectivity index (χ1n) is 3.16. The van der Waals surface area contributed by atoms with Gasteiger partial charge in [0.25, 0.3) is 0 Å². The summed E-state index contributed by atoms with van der Waals surface area (Å²) in [5, 5.41) is -0.273. The largest absolute Gasteiger partial charge is 0.616 e. The number of sulfone groups is 1. The van der Waals surface area contributed by atoms with Crippen LogP contribution in [0.4, 0.5) is 0 Å². The summed E-state index contributed by atoms with van der Waals surface area (Å²) < 4.78 is 32.0. The van der Waals surface area contributed by atoms with Crippen LogP contribution >= 0.6 is 0 Å². The lowest BCUT2D eigenvalue weighted by Crippen LogP contribution is -2.20. The third-order valence-electron chi connectivity index (χ3n) is 1.28. The lowest BCUT2D eigenvalue weighted by molar-refractivity contribution is 0.587. The Morgan fingerprint density at radius 3 is 2.36 bits per heavy atom. The third-order valence-corrected chi connectivity index (χ3v) is 3.43. The zero-order valence-corrected chi connectivity index (χ0v) is 8.37. The van der Waals surface area contributed by atoms with E-state index >= 15 is 0 Å². The molecule has 0 aromatic carbocycles. The van der Waals surface area contributed by atoms with Crippen LogP contribution in [0, 0.1) is 6.92 Å². The molecule has 0 fully saturated rings. The second kappa shape index (κ2) is 4.33. The van der Waals surface area contributed by atoms with Crippen LogP contribution in [-0.2, 0) is 21.0 Å². The fraction of sp³-hybridized carbons (Fsp3) is 0.833. The molecule has 0 saturated carbocycles. The van der Waals surface area contributed by atoms with Crippen LogP contribution in [0.15, 0.2) is 0 Å². The van der Waals surface area contributed by atoms with Crippen molar-refractivity contribution in [2.45, 2.75) is 11.7 Å². The minimum absolute atomic E-state index is 0.0702. The van der Waals surface area contributed by atoms with E-state index in [1.165, 1.54) is 6.26 Å². The standard InChI is InChI=1S/C6H13O3S2/c1-6(10(2)7)4-5-11(3,8)9/h6H,1,4-5H2,2-3H3. The van der Waals surface area contributed by atoms with E-state index in [-0.39, 0.29) is 11.0 Å². The van der Waals surface area contributed by atoms with E-state index in [1.54, 1.807) is 0 Å². The topological polar surface area (TPSA) is 57.2 Å². The van der Waals surface area contributed by atoms with E-state index < -0.39 is 21.0 Å². The minimum Gasteiger partial charge on any atom is -0.616 e. The van der Waals surface area contributed by atoms with Crippen molar-refractivity contribution < 1.29 is 13.0 Å². The van der Waals surface area contributed by atoms with Crippen molar-refractivity contribution in [2.75, 3.05) is 18.3 Å². The highest BCUT2D eigenvalue weighted by molar-refractivity contribution is 7.92. The minimum atomic E-state index is -2.93. The highest BCUT2D eigenvalue weighted by Gasteiger charge is 2.14. The Hall–Kier alpha value is 0.260. The van der Waals surface area contributed by atoms with Crippen LogP contribution in [0.1, 0.15) is 6.42 Å². The monoisotopic (exact) mass is 197 g/mol. The van der Waals surface area contributed by atoms with Crippen molar-refractivity contribution in [3.05, 3.63) is 6.92 Å². The van der Waals surface area contributed by atoms with E-state index in [4.69, 9.17) is 0 Å². The molecule has 0 aromatic heterocycles. The summed E-state index contributed by atoms with van der Waals surface area (Å²) >= 11 is -1.02. The highest BCUT2D eigenvalue weighted by atomic mass is 32.2. The zero-order valence-electron chi connectivity index (χ0n) is 6.74. The van der Waals surface area contributed by atoms with E-state index in [2.05, 4.69) is 6.92 Å². The second-order valence-corrected chi connectivity index (χ2v) is 6.46. The fourth-order valence-corrected chi connectivity index (χ4v) is 1.82. The predicted octanol–water partition coefficient (Wildman–Crippen LogP) is 0.00229. The van der Waals surface area contributed by atoms with Gasteiger partial charge in [-0.1, -0.05) is 11.2 Å². The van der Waals surface area contributed by atoms with Gasteiger partial charge >= 0.3 is 0 Å². The lowest BCUT2D eigenvalue weighted by atomic mass is 10.4. The molecule has 5 heteroatoms. The van der Waals surface area contributed by atoms with Gasteiger partial charge in [0.1, 0.15) is 15.1 Å². The predicted molar refractivity (Wildman–Crippen MR) is 47.5 cm³/mol. The molecule has 0 aliphatic carbocycles. The average Bonchev–Trinajstić information content (AvgIpc) is 1.80. The van der Waals surface area contributed by atoms with Crippen LogP contribution in [-0.4, -0.2) is 36.5 Å². The lowest BCUT2D eigenvalue weighted by Gasteiger charge is -2.12. The highest BCUT2D eigenvalue weighted by Crippen LogP contribution is 2.04. The molecule has 0 N–H and O–H groups in total. The Morgan fingerprint density at radius 2 is 2.09 bits per heavy atom. The third kappa shape index (κ3) is 6.65. The molecule has 0 aliphatic heterocycles. The molecule has 3 nitrogen and oxygen atoms in total. The number of rotatable bonds is 4. The summed E-state index contributed by atoms with van der Waals surface area (Å²) in [5.41, 5.74) is 0. The maximum Gasteiger partial charge on any atom is 0.147 e. The van der Waals surface area contributed by atoms with E-state index in [1.807, 2.05) is 0 Å². The Bertz CT molecular complexity index is 196. The van der Waals surface area contributed by atoms with Gasteiger partial charge < -0.3 is 4.55 Å². The smallest absolute Gasteiger partial charge is 0.147 e. The molecule has 0 aromatic rings. The van der Waals surface area contributed by atoms with Crippen molar-refractivity contribution in [1.82, 2.24) is 0 Å². The number of hydrogen-bond acceptors (Lipinski definition) is 3. The number of hydrogen-bond donors (Lipinski definition) is 0. The van der Waals surface area contributed by atoms with Gasteiger partial charge in [-0.3, -0.25) is 0 Å². The van der Waals surface area contributed by atoms with E-state index in [9.17, 15) is 13.0 Å².